The predicted molar refractivity (Wildman–Crippen MR) is 153 cm³/mol. The molecule has 1 saturated heterocycles. The van der Waals surface area contributed by atoms with Crippen LogP contribution in [0.2, 0.25) is 5.02 Å². The van der Waals surface area contributed by atoms with E-state index in [0.717, 1.165) is 10.8 Å². The maximum Gasteiger partial charge on any atom is 0.306 e. The Hall–Kier alpha value is -3.12. The number of aromatic nitrogens is 1. The highest BCUT2D eigenvalue weighted by molar-refractivity contribution is 7.13. The lowest BCUT2D eigenvalue weighted by molar-refractivity contribution is -0.144. The lowest BCUT2D eigenvalue weighted by Crippen LogP contribution is -2.40. The van der Waals surface area contributed by atoms with Gasteiger partial charge in [-0.3, -0.25) is 14.4 Å². The molecule has 12 heteroatoms. The number of halogens is 2. The van der Waals surface area contributed by atoms with Gasteiger partial charge in [-0.1, -0.05) is 29.8 Å². The number of likely N-dealkylation sites (tertiary alicyclic amines) is 1. The fourth-order valence-electron chi connectivity index (χ4n) is 5.55. The van der Waals surface area contributed by atoms with Gasteiger partial charge in [0.1, 0.15) is 11.5 Å². The molecule has 1 aliphatic heterocycles. The molecule has 41 heavy (non-hydrogen) atoms. The average Bonchev–Trinajstić information content (AvgIpc) is 3.59. The molecule has 1 saturated carbocycles. The number of rotatable bonds is 9. The minimum absolute atomic E-state index is 0.0505. The first-order chi connectivity index (χ1) is 19.7. The molecule has 2 atom stereocenters. The molecule has 0 spiro atoms. The molecule has 9 nitrogen and oxygen atoms in total. The summed E-state index contributed by atoms with van der Waals surface area (Å²) in [6.07, 6.45) is 2.64. The zero-order valence-corrected chi connectivity index (χ0v) is 24.0. The molecule has 5 rings (SSSR count). The fraction of sp³-hybridized carbons (Fsp3) is 0.448. The van der Waals surface area contributed by atoms with Crippen LogP contribution in [0.1, 0.15) is 48.2 Å². The van der Waals surface area contributed by atoms with Crippen LogP contribution in [0.4, 0.5) is 10.1 Å². The molecule has 3 aromatic rings. The molecule has 1 unspecified atom stereocenters. The second kappa shape index (κ2) is 12.8. The van der Waals surface area contributed by atoms with Gasteiger partial charge < -0.3 is 24.8 Å². The molecule has 1 aromatic heterocycles. The van der Waals surface area contributed by atoms with E-state index in [-0.39, 0.29) is 58.5 Å². The number of ether oxygens (including phenoxy) is 2. The number of hydrogen-bond acceptors (Lipinski definition) is 7. The van der Waals surface area contributed by atoms with Gasteiger partial charge in [-0.2, -0.15) is 4.37 Å². The lowest BCUT2D eigenvalue weighted by atomic mass is 9.87. The van der Waals surface area contributed by atoms with Crippen LogP contribution in [-0.2, 0) is 25.5 Å². The summed E-state index contributed by atoms with van der Waals surface area (Å²) in [7, 11) is 1.59. The number of carbonyl (C=O) groups excluding carboxylic acids is 2. The Morgan fingerprint density at radius 3 is 2.66 bits per heavy atom. The van der Waals surface area contributed by atoms with E-state index >= 15 is 4.39 Å². The van der Waals surface area contributed by atoms with Crippen LogP contribution in [0.15, 0.2) is 36.4 Å². The van der Waals surface area contributed by atoms with Crippen molar-refractivity contribution in [2.24, 2.45) is 5.92 Å². The van der Waals surface area contributed by atoms with E-state index < -0.39 is 17.7 Å². The first-order valence-electron chi connectivity index (χ1n) is 13.5. The molecule has 2 aromatic carbocycles. The van der Waals surface area contributed by atoms with Crippen molar-refractivity contribution in [3.05, 3.63) is 58.5 Å². The van der Waals surface area contributed by atoms with Crippen molar-refractivity contribution < 1.29 is 33.4 Å². The number of carbonyl (C=O) groups is 3. The van der Waals surface area contributed by atoms with E-state index in [1.165, 1.54) is 17.6 Å². The van der Waals surface area contributed by atoms with Gasteiger partial charge in [0.2, 0.25) is 5.91 Å². The normalized spacial score (nSPS) is 22.7. The highest BCUT2D eigenvalue weighted by atomic mass is 35.5. The molecule has 218 valence electrons. The summed E-state index contributed by atoms with van der Waals surface area (Å²) >= 11 is 7.60. The molecule has 2 N–H and O–H groups in total. The summed E-state index contributed by atoms with van der Waals surface area (Å²) in [4.78, 5) is 39.0. The minimum Gasteiger partial charge on any atom is -0.481 e. The third-order valence-corrected chi connectivity index (χ3v) is 9.04. The number of nitrogens with one attached hydrogen (secondary N) is 1. The second-order valence-corrected chi connectivity index (χ2v) is 11.7. The zero-order chi connectivity index (χ0) is 29.1. The number of methoxy groups -OCH3 is 1. The van der Waals surface area contributed by atoms with E-state index in [1.807, 2.05) is 18.2 Å². The van der Waals surface area contributed by atoms with E-state index in [9.17, 15) is 19.5 Å². The van der Waals surface area contributed by atoms with Gasteiger partial charge in [-0.15, -0.1) is 0 Å². The topological polar surface area (TPSA) is 118 Å². The van der Waals surface area contributed by atoms with Crippen molar-refractivity contribution in [1.82, 2.24) is 9.27 Å². The predicted octanol–water partition coefficient (Wildman–Crippen LogP) is 5.16. The van der Waals surface area contributed by atoms with Crippen molar-refractivity contribution in [2.75, 3.05) is 25.6 Å². The molecule has 1 aliphatic carbocycles. The Labute approximate surface area is 245 Å². The quantitative estimate of drug-likeness (QED) is 0.347. The Bertz CT molecular complexity index is 1440. The number of amides is 2. The van der Waals surface area contributed by atoms with Gasteiger partial charge >= 0.3 is 5.97 Å². The van der Waals surface area contributed by atoms with Gasteiger partial charge in [-0.05, 0) is 67.4 Å². The van der Waals surface area contributed by atoms with E-state index in [1.54, 1.807) is 18.1 Å². The van der Waals surface area contributed by atoms with Crippen molar-refractivity contribution in [3.63, 3.8) is 0 Å². The number of fused-ring (bicyclic) bond motifs is 1. The highest BCUT2D eigenvalue weighted by Crippen LogP contribution is 2.31. The first-order valence-corrected chi connectivity index (χ1v) is 14.7. The Morgan fingerprint density at radius 2 is 1.93 bits per heavy atom. The molecule has 2 amide bonds. The monoisotopic (exact) mass is 603 g/mol. The largest absolute Gasteiger partial charge is 0.481 e. The third-order valence-electron chi connectivity index (χ3n) is 7.90. The summed E-state index contributed by atoms with van der Waals surface area (Å²) in [5.41, 5.74) is 0.433. The number of aliphatic carboxylic acids is 1. The smallest absolute Gasteiger partial charge is 0.306 e. The molecule has 0 bridgehead atoms. The van der Waals surface area contributed by atoms with E-state index in [0.29, 0.717) is 50.6 Å². The maximum absolute atomic E-state index is 15.2. The Balaban J connectivity index is 1.22. The fourth-order valence-corrected chi connectivity index (χ4v) is 6.55. The van der Waals surface area contributed by atoms with Crippen molar-refractivity contribution in [2.45, 2.75) is 56.8 Å². The summed E-state index contributed by atoms with van der Waals surface area (Å²) in [5.74, 6) is -2.55. The molecule has 0 radical (unpaired) electrons. The van der Waals surface area contributed by atoms with Crippen LogP contribution in [0.5, 0.6) is 0 Å². The van der Waals surface area contributed by atoms with Crippen LogP contribution in [0, 0.1) is 11.7 Å². The number of carboxylic acid groups (broad SMARTS) is 1. The van der Waals surface area contributed by atoms with E-state index in [2.05, 4.69) is 9.69 Å². The number of anilines is 1. The first kappa shape index (κ1) is 29.4. The van der Waals surface area contributed by atoms with Crippen molar-refractivity contribution in [3.8, 4) is 0 Å². The average molecular weight is 604 g/mol. The van der Waals surface area contributed by atoms with Crippen molar-refractivity contribution >= 4 is 56.7 Å². The van der Waals surface area contributed by atoms with Crippen LogP contribution in [-0.4, -0.2) is 70.7 Å². The van der Waals surface area contributed by atoms with Gasteiger partial charge in [0.05, 0.1) is 52.6 Å². The van der Waals surface area contributed by atoms with Crippen molar-refractivity contribution in [1.29, 1.82) is 0 Å². The summed E-state index contributed by atoms with van der Waals surface area (Å²) < 4.78 is 31.8. The van der Waals surface area contributed by atoms with Crippen LogP contribution >= 0.6 is 23.1 Å². The minimum atomic E-state index is -0.769. The number of hydrogen-bond donors (Lipinski definition) is 2. The van der Waals surface area contributed by atoms with Gasteiger partial charge in [-0.25, -0.2) is 4.39 Å². The summed E-state index contributed by atoms with van der Waals surface area (Å²) in [5, 5.41) is 12.6. The van der Waals surface area contributed by atoms with Crippen LogP contribution in [0.3, 0.4) is 0 Å². The van der Waals surface area contributed by atoms with Gasteiger partial charge in [0.25, 0.3) is 5.91 Å². The lowest BCUT2D eigenvalue weighted by Gasteiger charge is -2.30. The summed E-state index contributed by atoms with van der Waals surface area (Å²) in [6, 6.07) is 9.56. The molecular formula is C29H31ClFN3O6S. The zero-order valence-electron chi connectivity index (χ0n) is 22.5. The molecule has 2 aliphatic rings. The van der Waals surface area contributed by atoms with E-state index in [4.69, 9.17) is 21.1 Å². The highest BCUT2D eigenvalue weighted by Gasteiger charge is 2.37. The third kappa shape index (κ3) is 6.69. The molecule has 2 fully saturated rings. The van der Waals surface area contributed by atoms with Crippen LogP contribution < -0.4 is 5.32 Å². The SMILES string of the molecule is COC1C[C@@H](COC2CCC(C(=O)O)CC2)N(C(=O)Cc2cc(Cl)c(NC(=O)c3nsc4ccccc34)cc2F)C1. The van der Waals surface area contributed by atoms with Gasteiger partial charge in [0.15, 0.2) is 0 Å². The molecular weight excluding hydrogens is 573 g/mol. The standard InChI is InChI=1S/C29H31ClFN3O6S/c1-39-20-12-18(15-40-19-8-6-16(7-9-19)29(37)38)34(14-20)26(35)11-17-10-22(30)24(13-23(17)31)32-28(36)27-21-4-2-3-5-25(21)41-33-27/h2-5,10,13,16,18-20H,6-9,11-12,14-15H2,1H3,(H,32,36)(H,37,38)/t16?,18-,19?,20?/m0/s1. The van der Waals surface area contributed by atoms with Crippen LogP contribution in [0.25, 0.3) is 10.1 Å². The Kier molecular flexibility index (Phi) is 9.18. The Morgan fingerprint density at radius 1 is 1.17 bits per heavy atom. The second-order valence-electron chi connectivity index (χ2n) is 10.5. The summed E-state index contributed by atoms with van der Waals surface area (Å²) in [6.45, 7) is 0.660. The number of benzene rings is 2. The number of carboxylic acids is 1. The molecule has 2 heterocycles. The van der Waals surface area contributed by atoms with Gasteiger partial charge in [0, 0.05) is 19.0 Å². The maximum atomic E-state index is 15.2. The number of nitrogens with zero attached hydrogens (tertiary/aromatic N) is 2.